The highest BCUT2D eigenvalue weighted by molar-refractivity contribution is 7.80. The largest absolute Gasteiger partial charge is 0.345 e. The van der Waals surface area contributed by atoms with Gasteiger partial charge in [-0.1, -0.05) is 36.9 Å². The molecular weight excluding hydrogens is 194 g/mol. The standard InChI is InChI=1S/C11H13NOS/c1-2-11(13)12-10(8-14)9-6-4-3-5-7-9/h2-7,10,14H,1,8H2,(H,12,13). The van der Waals surface area contributed by atoms with E-state index in [1.165, 1.54) is 6.08 Å². The van der Waals surface area contributed by atoms with E-state index in [-0.39, 0.29) is 11.9 Å². The van der Waals surface area contributed by atoms with E-state index in [0.29, 0.717) is 5.75 Å². The summed E-state index contributed by atoms with van der Waals surface area (Å²) in [5.74, 6) is 0.400. The van der Waals surface area contributed by atoms with Crippen LogP contribution in [0, 0.1) is 0 Å². The van der Waals surface area contributed by atoms with Gasteiger partial charge in [-0.15, -0.1) is 0 Å². The first-order chi connectivity index (χ1) is 6.77. The van der Waals surface area contributed by atoms with Crippen molar-refractivity contribution in [1.82, 2.24) is 5.32 Å². The van der Waals surface area contributed by atoms with Crippen LogP contribution in [-0.2, 0) is 4.79 Å². The summed E-state index contributed by atoms with van der Waals surface area (Å²) < 4.78 is 0. The number of carbonyl (C=O) groups excluding carboxylic acids is 1. The minimum atomic E-state index is -0.173. The fourth-order valence-corrected chi connectivity index (χ4v) is 1.45. The van der Waals surface area contributed by atoms with E-state index in [0.717, 1.165) is 5.56 Å². The second-order valence-electron chi connectivity index (χ2n) is 2.86. The number of rotatable bonds is 4. The quantitative estimate of drug-likeness (QED) is 0.573. The predicted molar refractivity (Wildman–Crippen MR) is 61.4 cm³/mol. The van der Waals surface area contributed by atoms with Gasteiger partial charge in [-0.3, -0.25) is 4.79 Å². The molecule has 0 radical (unpaired) electrons. The maximum absolute atomic E-state index is 11.1. The first kappa shape index (κ1) is 10.9. The number of amides is 1. The Morgan fingerprint density at radius 2 is 2.14 bits per heavy atom. The molecule has 0 spiro atoms. The van der Waals surface area contributed by atoms with Crippen molar-refractivity contribution in [3.63, 3.8) is 0 Å². The van der Waals surface area contributed by atoms with Gasteiger partial charge in [0.05, 0.1) is 6.04 Å². The zero-order valence-corrected chi connectivity index (χ0v) is 8.71. The monoisotopic (exact) mass is 207 g/mol. The fourth-order valence-electron chi connectivity index (χ4n) is 1.15. The van der Waals surface area contributed by atoms with Gasteiger partial charge in [-0.05, 0) is 11.6 Å². The van der Waals surface area contributed by atoms with Crippen molar-refractivity contribution in [3.05, 3.63) is 48.6 Å². The van der Waals surface area contributed by atoms with Crippen LogP contribution in [0.1, 0.15) is 11.6 Å². The van der Waals surface area contributed by atoms with Gasteiger partial charge >= 0.3 is 0 Å². The highest BCUT2D eigenvalue weighted by Crippen LogP contribution is 2.13. The topological polar surface area (TPSA) is 29.1 Å². The molecule has 14 heavy (non-hydrogen) atoms. The Hall–Kier alpha value is -1.22. The smallest absolute Gasteiger partial charge is 0.243 e. The summed E-state index contributed by atoms with van der Waals surface area (Å²) in [4.78, 5) is 11.1. The average molecular weight is 207 g/mol. The maximum Gasteiger partial charge on any atom is 0.243 e. The molecule has 0 bridgehead atoms. The maximum atomic E-state index is 11.1. The fraction of sp³-hybridized carbons (Fsp3) is 0.182. The molecule has 1 aromatic rings. The van der Waals surface area contributed by atoms with Crippen LogP contribution in [0.15, 0.2) is 43.0 Å². The highest BCUT2D eigenvalue weighted by Gasteiger charge is 2.09. The Bertz CT molecular complexity index is 310. The number of hydrogen-bond donors (Lipinski definition) is 2. The van der Waals surface area contributed by atoms with Crippen molar-refractivity contribution < 1.29 is 4.79 Å². The second-order valence-corrected chi connectivity index (χ2v) is 3.22. The number of hydrogen-bond acceptors (Lipinski definition) is 2. The Balaban J connectivity index is 2.72. The molecule has 0 saturated heterocycles. The third-order valence-electron chi connectivity index (χ3n) is 1.89. The van der Waals surface area contributed by atoms with Gasteiger partial charge in [0, 0.05) is 5.75 Å². The second kappa shape index (κ2) is 5.50. The molecule has 1 rings (SSSR count). The molecule has 74 valence electrons. The minimum Gasteiger partial charge on any atom is -0.345 e. The van der Waals surface area contributed by atoms with Crippen molar-refractivity contribution in [1.29, 1.82) is 0 Å². The lowest BCUT2D eigenvalue weighted by molar-refractivity contribution is -0.117. The lowest BCUT2D eigenvalue weighted by Crippen LogP contribution is -2.27. The van der Waals surface area contributed by atoms with E-state index in [1.807, 2.05) is 30.3 Å². The Labute approximate surface area is 89.4 Å². The van der Waals surface area contributed by atoms with E-state index in [4.69, 9.17) is 0 Å². The van der Waals surface area contributed by atoms with Crippen molar-refractivity contribution >= 4 is 18.5 Å². The minimum absolute atomic E-state index is 0.0509. The summed E-state index contributed by atoms with van der Waals surface area (Å²) in [5, 5.41) is 2.80. The van der Waals surface area contributed by atoms with Crippen LogP contribution in [0.2, 0.25) is 0 Å². The van der Waals surface area contributed by atoms with Crippen molar-refractivity contribution in [2.45, 2.75) is 6.04 Å². The summed E-state index contributed by atoms with van der Waals surface area (Å²) in [6.07, 6.45) is 1.26. The third kappa shape index (κ3) is 2.92. The molecule has 1 amide bonds. The summed E-state index contributed by atoms with van der Waals surface area (Å²) in [7, 11) is 0. The summed E-state index contributed by atoms with van der Waals surface area (Å²) in [5.41, 5.74) is 1.05. The zero-order chi connectivity index (χ0) is 10.4. The molecule has 0 aliphatic rings. The van der Waals surface area contributed by atoms with Gasteiger partial charge in [-0.25, -0.2) is 0 Å². The molecule has 1 atom stereocenters. The van der Waals surface area contributed by atoms with E-state index < -0.39 is 0 Å². The molecule has 2 nitrogen and oxygen atoms in total. The average Bonchev–Trinajstić information content (AvgIpc) is 2.26. The van der Waals surface area contributed by atoms with Crippen molar-refractivity contribution in [2.24, 2.45) is 0 Å². The van der Waals surface area contributed by atoms with Crippen LogP contribution in [0.4, 0.5) is 0 Å². The molecule has 3 heteroatoms. The van der Waals surface area contributed by atoms with Crippen LogP contribution >= 0.6 is 12.6 Å². The molecule has 1 N–H and O–H groups in total. The molecule has 0 heterocycles. The highest BCUT2D eigenvalue weighted by atomic mass is 32.1. The first-order valence-electron chi connectivity index (χ1n) is 4.36. The number of nitrogens with one attached hydrogen (secondary N) is 1. The van der Waals surface area contributed by atoms with Gasteiger partial charge in [-0.2, -0.15) is 12.6 Å². The Morgan fingerprint density at radius 1 is 1.50 bits per heavy atom. The van der Waals surface area contributed by atoms with Gasteiger partial charge in [0.15, 0.2) is 0 Å². The molecule has 0 aliphatic carbocycles. The van der Waals surface area contributed by atoms with Crippen molar-refractivity contribution in [2.75, 3.05) is 5.75 Å². The number of benzene rings is 1. The van der Waals surface area contributed by atoms with Crippen LogP contribution in [-0.4, -0.2) is 11.7 Å². The zero-order valence-electron chi connectivity index (χ0n) is 7.81. The SMILES string of the molecule is C=CC(=O)NC(CS)c1ccccc1. The first-order valence-corrected chi connectivity index (χ1v) is 5.00. The van der Waals surface area contributed by atoms with E-state index in [1.54, 1.807) is 0 Å². The Morgan fingerprint density at radius 3 is 2.64 bits per heavy atom. The Kier molecular flexibility index (Phi) is 4.26. The lowest BCUT2D eigenvalue weighted by atomic mass is 10.1. The van der Waals surface area contributed by atoms with E-state index in [2.05, 4.69) is 24.5 Å². The molecular formula is C11H13NOS. The predicted octanol–water partition coefficient (Wildman–Crippen LogP) is 1.96. The number of thiol groups is 1. The summed E-state index contributed by atoms with van der Waals surface area (Å²) in [6.45, 7) is 3.40. The molecule has 0 saturated carbocycles. The van der Waals surface area contributed by atoms with E-state index in [9.17, 15) is 4.79 Å². The summed E-state index contributed by atoms with van der Waals surface area (Å²) in [6, 6.07) is 9.69. The van der Waals surface area contributed by atoms with Crippen LogP contribution in [0.3, 0.4) is 0 Å². The molecule has 0 aromatic heterocycles. The number of carbonyl (C=O) groups is 1. The normalized spacial score (nSPS) is 11.8. The van der Waals surface area contributed by atoms with Gasteiger partial charge in [0.1, 0.15) is 0 Å². The molecule has 0 aliphatic heterocycles. The third-order valence-corrected chi connectivity index (χ3v) is 2.25. The van der Waals surface area contributed by atoms with Crippen LogP contribution < -0.4 is 5.32 Å². The van der Waals surface area contributed by atoms with Crippen LogP contribution in [0.5, 0.6) is 0 Å². The lowest BCUT2D eigenvalue weighted by Gasteiger charge is -2.15. The van der Waals surface area contributed by atoms with Crippen molar-refractivity contribution in [3.8, 4) is 0 Å². The van der Waals surface area contributed by atoms with Crippen LogP contribution in [0.25, 0.3) is 0 Å². The molecule has 1 unspecified atom stereocenters. The van der Waals surface area contributed by atoms with Gasteiger partial charge in [0.2, 0.25) is 5.91 Å². The summed E-state index contributed by atoms with van der Waals surface area (Å²) >= 11 is 4.19. The van der Waals surface area contributed by atoms with Gasteiger partial charge < -0.3 is 5.32 Å². The van der Waals surface area contributed by atoms with E-state index >= 15 is 0 Å². The molecule has 0 fully saturated rings. The molecule has 1 aromatic carbocycles. The van der Waals surface area contributed by atoms with Gasteiger partial charge in [0.25, 0.3) is 0 Å².